The summed E-state index contributed by atoms with van der Waals surface area (Å²) in [5.74, 6) is -0.709. The summed E-state index contributed by atoms with van der Waals surface area (Å²) in [5, 5.41) is 12.0. The van der Waals surface area contributed by atoms with E-state index in [9.17, 15) is 22.8 Å². The van der Waals surface area contributed by atoms with Crippen molar-refractivity contribution in [1.82, 2.24) is 19.9 Å². The first kappa shape index (κ1) is 20.7. The number of halogens is 4. The number of hydrogen-bond donors (Lipinski definition) is 3. The maximum absolute atomic E-state index is 12.8. The van der Waals surface area contributed by atoms with Gasteiger partial charge in [0.05, 0.1) is 12.6 Å². The lowest BCUT2D eigenvalue weighted by Crippen LogP contribution is -2.22. The van der Waals surface area contributed by atoms with Crippen molar-refractivity contribution in [3.63, 3.8) is 0 Å². The van der Waals surface area contributed by atoms with Crippen molar-refractivity contribution in [2.45, 2.75) is 12.6 Å². The Morgan fingerprint density at radius 1 is 1.26 bits per heavy atom. The minimum Gasteiger partial charge on any atom is -0.361 e. The van der Waals surface area contributed by atoms with E-state index < -0.39 is 24.5 Å². The van der Waals surface area contributed by atoms with Crippen LogP contribution in [0.2, 0.25) is 5.02 Å². The van der Waals surface area contributed by atoms with Crippen molar-refractivity contribution >= 4 is 52.5 Å². The lowest BCUT2D eigenvalue weighted by Gasteiger charge is -2.13. The minimum absolute atomic E-state index is 0.0310. The molecule has 2 amide bonds. The summed E-state index contributed by atoms with van der Waals surface area (Å²) in [4.78, 5) is 27.7. The Bertz CT molecular complexity index is 1220. The first-order valence-electron chi connectivity index (χ1n) is 8.95. The van der Waals surface area contributed by atoms with Gasteiger partial charge in [-0.2, -0.15) is 22.8 Å². The second-order valence-electron chi connectivity index (χ2n) is 6.69. The Morgan fingerprint density at radius 2 is 2.06 bits per heavy atom. The molecule has 0 aliphatic carbocycles. The van der Waals surface area contributed by atoms with Crippen LogP contribution in [0, 0.1) is 0 Å². The van der Waals surface area contributed by atoms with Crippen LogP contribution in [0.5, 0.6) is 0 Å². The van der Waals surface area contributed by atoms with Crippen LogP contribution in [0.4, 0.5) is 30.5 Å². The van der Waals surface area contributed by atoms with Gasteiger partial charge in [-0.15, -0.1) is 0 Å². The van der Waals surface area contributed by atoms with Crippen molar-refractivity contribution in [2.75, 3.05) is 17.2 Å². The number of amides is 2. The number of anilines is 3. The summed E-state index contributed by atoms with van der Waals surface area (Å²) < 4.78 is 39.5. The summed E-state index contributed by atoms with van der Waals surface area (Å²) in [6.07, 6.45) is -1.76. The highest BCUT2D eigenvalue weighted by molar-refractivity contribution is 6.30. The topological polar surface area (TPSA) is 100 Å². The predicted molar refractivity (Wildman–Crippen MR) is 108 cm³/mol. The molecule has 4 rings (SSSR count). The molecule has 0 bridgehead atoms. The highest BCUT2D eigenvalue weighted by Crippen LogP contribution is 2.26. The average Bonchev–Trinajstić information content (AvgIpc) is 3.22. The minimum atomic E-state index is -4.45. The largest absolute Gasteiger partial charge is 0.405 e. The summed E-state index contributed by atoms with van der Waals surface area (Å²) >= 11 is 5.98. The van der Waals surface area contributed by atoms with Gasteiger partial charge in [-0.1, -0.05) is 17.7 Å². The first-order valence-corrected chi connectivity index (χ1v) is 9.32. The van der Waals surface area contributed by atoms with Gasteiger partial charge in [-0.05, 0) is 24.3 Å². The van der Waals surface area contributed by atoms with Gasteiger partial charge in [0, 0.05) is 27.9 Å². The average molecular weight is 451 g/mol. The van der Waals surface area contributed by atoms with Crippen LogP contribution in [-0.4, -0.2) is 39.1 Å². The molecule has 2 aromatic heterocycles. The van der Waals surface area contributed by atoms with Gasteiger partial charge in [0.15, 0.2) is 5.65 Å². The Labute approximate surface area is 178 Å². The molecule has 3 N–H and O–H groups in total. The molecule has 0 spiro atoms. The number of benzene rings is 1. The van der Waals surface area contributed by atoms with E-state index in [-0.39, 0.29) is 29.3 Å². The zero-order chi connectivity index (χ0) is 22.2. The number of hydrogen-bond acceptors (Lipinski definition) is 6. The Morgan fingerprint density at radius 3 is 2.74 bits per heavy atom. The first-order chi connectivity index (χ1) is 14.7. The van der Waals surface area contributed by atoms with Crippen LogP contribution in [0.3, 0.4) is 0 Å². The fourth-order valence-electron chi connectivity index (χ4n) is 2.99. The smallest absolute Gasteiger partial charge is 0.361 e. The Balaban J connectivity index is 1.77. The molecule has 0 unspecified atom stereocenters. The molecular weight excluding hydrogens is 437 g/mol. The number of carbonyl (C=O) groups excluding carboxylic acids is 2. The molecule has 0 radical (unpaired) electrons. The second-order valence-corrected chi connectivity index (χ2v) is 7.13. The molecule has 31 heavy (non-hydrogen) atoms. The van der Waals surface area contributed by atoms with Crippen LogP contribution in [0.25, 0.3) is 11.7 Å². The summed E-state index contributed by atoms with van der Waals surface area (Å²) in [6.45, 7) is -1.28. The fraction of sp³-hybridized carbons (Fsp3) is 0.158. The van der Waals surface area contributed by atoms with Crippen molar-refractivity contribution in [1.29, 1.82) is 0 Å². The fourth-order valence-corrected chi connectivity index (χ4v) is 3.18. The molecule has 1 aliphatic heterocycles. The SMILES string of the molecule is O=C1C/C(=C\c2cnn3c(NCC(F)(F)F)cc(Nc4cccc(Cl)c4)nc23)C(=O)N1. The van der Waals surface area contributed by atoms with E-state index in [1.807, 2.05) is 0 Å². The number of nitrogens with zero attached hydrogens (tertiary/aromatic N) is 3. The normalized spacial score (nSPS) is 15.5. The van der Waals surface area contributed by atoms with Gasteiger partial charge in [0.25, 0.3) is 5.91 Å². The lowest BCUT2D eigenvalue weighted by atomic mass is 10.1. The Hall–Kier alpha value is -3.60. The Kier molecular flexibility index (Phi) is 5.27. The van der Waals surface area contributed by atoms with E-state index in [1.165, 1.54) is 22.9 Å². The third kappa shape index (κ3) is 4.77. The van der Waals surface area contributed by atoms with E-state index in [1.54, 1.807) is 24.3 Å². The molecular formula is C19H14ClF3N6O2. The quantitative estimate of drug-likeness (QED) is 0.406. The van der Waals surface area contributed by atoms with Crippen molar-refractivity contribution in [2.24, 2.45) is 0 Å². The predicted octanol–water partition coefficient (Wildman–Crippen LogP) is 3.53. The summed E-state index contributed by atoms with van der Waals surface area (Å²) in [5.41, 5.74) is 1.34. The number of nitrogens with one attached hydrogen (secondary N) is 3. The number of fused-ring (bicyclic) bond motifs is 1. The second kappa shape index (κ2) is 7.91. The molecule has 8 nitrogen and oxygen atoms in total. The number of imide groups is 1. The summed E-state index contributed by atoms with van der Waals surface area (Å²) in [6, 6.07) is 8.10. The molecule has 0 atom stereocenters. The maximum atomic E-state index is 12.8. The molecule has 12 heteroatoms. The van der Waals surface area contributed by atoms with Crippen molar-refractivity contribution < 1.29 is 22.8 Å². The summed E-state index contributed by atoms with van der Waals surface area (Å²) in [7, 11) is 0. The van der Waals surface area contributed by atoms with Gasteiger partial charge in [-0.3, -0.25) is 14.9 Å². The lowest BCUT2D eigenvalue weighted by molar-refractivity contribution is -0.124. The molecule has 3 aromatic rings. The molecule has 1 saturated heterocycles. The maximum Gasteiger partial charge on any atom is 0.405 e. The molecule has 0 saturated carbocycles. The van der Waals surface area contributed by atoms with Crippen LogP contribution >= 0.6 is 11.6 Å². The number of rotatable bonds is 5. The number of aromatic nitrogens is 3. The van der Waals surface area contributed by atoms with E-state index >= 15 is 0 Å². The van der Waals surface area contributed by atoms with Crippen molar-refractivity contribution in [3.8, 4) is 0 Å². The molecule has 160 valence electrons. The zero-order valence-corrected chi connectivity index (χ0v) is 16.4. The number of carbonyl (C=O) groups is 2. The van der Waals surface area contributed by atoms with E-state index in [0.717, 1.165) is 0 Å². The van der Waals surface area contributed by atoms with Gasteiger partial charge >= 0.3 is 6.18 Å². The standard InChI is InChI=1S/C19H14ClF3N6O2/c20-12-2-1-3-13(6-12)26-14-7-15(24-9-19(21,22)23)29-17(27-14)11(8-25-29)4-10-5-16(30)28-18(10)31/h1-4,6-8,24H,5,9H2,(H,26,27)(H,28,30,31)/b10-4+. The van der Waals surface area contributed by atoms with Crippen LogP contribution in [0.15, 0.2) is 42.1 Å². The zero-order valence-electron chi connectivity index (χ0n) is 15.6. The monoisotopic (exact) mass is 450 g/mol. The van der Waals surface area contributed by atoms with Gasteiger partial charge < -0.3 is 10.6 Å². The molecule has 1 fully saturated rings. The van der Waals surface area contributed by atoms with E-state index in [4.69, 9.17) is 11.6 Å². The molecule has 1 aliphatic rings. The van der Waals surface area contributed by atoms with Gasteiger partial charge in [0.1, 0.15) is 18.2 Å². The van der Waals surface area contributed by atoms with E-state index in [0.29, 0.717) is 16.3 Å². The van der Waals surface area contributed by atoms with Crippen LogP contribution in [0.1, 0.15) is 12.0 Å². The van der Waals surface area contributed by atoms with E-state index in [2.05, 4.69) is 26.0 Å². The van der Waals surface area contributed by atoms with Gasteiger partial charge in [-0.25, -0.2) is 4.98 Å². The van der Waals surface area contributed by atoms with Crippen LogP contribution < -0.4 is 16.0 Å². The third-order valence-electron chi connectivity index (χ3n) is 4.29. The molecule has 3 heterocycles. The van der Waals surface area contributed by atoms with Crippen molar-refractivity contribution in [3.05, 3.63) is 52.7 Å². The van der Waals surface area contributed by atoms with Crippen LogP contribution in [-0.2, 0) is 9.59 Å². The highest BCUT2D eigenvalue weighted by Gasteiger charge is 2.28. The number of alkyl halides is 3. The molecule has 1 aromatic carbocycles. The highest BCUT2D eigenvalue weighted by atomic mass is 35.5. The third-order valence-corrected chi connectivity index (χ3v) is 4.53. The van der Waals surface area contributed by atoms with Gasteiger partial charge in [0.2, 0.25) is 5.91 Å².